The second-order valence-corrected chi connectivity index (χ2v) is 4.60. The Morgan fingerprint density at radius 1 is 1.25 bits per heavy atom. The van der Waals surface area contributed by atoms with Crippen molar-refractivity contribution in [3.05, 3.63) is 47.1 Å². The smallest absolute Gasteiger partial charge is 0.307 e. The Balaban J connectivity index is 1.95. The lowest BCUT2D eigenvalue weighted by Crippen LogP contribution is -2.42. The number of rotatable bonds is 3. The van der Waals surface area contributed by atoms with E-state index in [0.717, 1.165) is 11.3 Å². The highest BCUT2D eigenvalue weighted by Gasteiger charge is 2.07. The molecule has 0 fully saturated rings. The van der Waals surface area contributed by atoms with Crippen LogP contribution in [0.2, 0.25) is 5.15 Å². The summed E-state index contributed by atoms with van der Waals surface area (Å²) >= 11 is 5.65. The molecule has 0 radical (unpaired) electrons. The Bertz CT molecular complexity index is 602. The van der Waals surface area contributed by atoms with Gasteiger partial charge in [-0.15, -0.1) is 10.2 Å². The molecule has 6 nitrogen and oxygen atoms in total. The third kappa shape index (κ3) is 3.83. The number of hydrogen-bond acceptors (Lipinski definition) is 4. The van der Waals surface area contributed by atoms with Crippen molar-refractivity contribution in [1.29, 1.82) is 0 Å². The van der Waals surface area contributed by atoms with E-state index in [1.807, 2.05) is 31.2 Å². The van der Waals surface area contributed by atoms with Gasteiger partial charge < -0.3 is 5.32 Å². The summed E-state index contributed by atoms with van der Waals surface area (Å²) in [5.74, 6) is 0.480. The molecule has 0 aliphatic rings. The summed E-state index contributed by atoms with van der Waals surface area (Å²) in [7, 11) is 1.66. The molecule has 0 bridgehead atoms. The van der Waals surface area contributed by atoms with E-state index in [2.05, 4.69) is 20.9 Å². The Labute approximate surface area is 121 Å². The van der Waals surface area contributed by atoms with Gasteiger partial charge in [0.2, 0.25) is 0 Å². The van der Waals surface area contributed by atoms with E-state index in [0.29, 0.717) is 11.0 Å². The van der Waals surface area contributed by atoms with Crippen molar-refractivity contribution in [3.63, 3.8) is 0 Å². The van der Waals surface area contributed by atoms with E-state index < -0.39 is 0 Å². The fourth-order valence-corrected chi connectivity index (χ4v) is 1.68. The first-order valence-electron chi connectivity index (χ1n) is 5.92. The summed E-state index contributed by atoms with van der Waals surface area (Å²) in [5.41, 5.74) is 4.41. The lowest BCUT2D eigenvalue weighted by Gasteiger charge is -2.18. The number of carbonyl (C=O) groups is 1. The zero-order valence-corrected chi connectivity index (χ0v) is 11.8. The molecule has 2 N–H and O–H groups in total. The van der Waals surface area contributed by atoms with Crippen LogP contribution >= 0.6 is 11.6 Å². The van der Waals surface area contributed by atoms with Gasteiger partial charge in [0, 0.05) is 12.7 Å². The first-order valence-corrected chi connectivity index (χ1v) is 6.29. The van der Waals surface area contributed by atoms with Crippen molar-refractivity contribution < 1.29 is 4.79 Å². The number of hydrazine groups is 1. The van der Waals surface area contributed by atoms with Crippen LogP contribution in [0.15, 0.2) is 36.4 Å². The van der Waals surface area contributed by atoms with Crippen LogP contribution in [0.3, 0.4) is 0 Å². The molecule has 2 rings (SSSR count). The topological polar surface area (TPSA) is 70.2 Å². The van der Waals surface area contributed by atoms with Gasteiger partial charge in [0.25, 0.3) is 0 Å². The number of anilines is 2. The van der Waals surface area contributed by atoms with Gasteiger partial charge in [0.15, 0.2) is 11.0 Å². The number of urea groups is 1. The maximum atomic E-state index is 11.8. The minimum atomic E-state index is -0.366. The first kappa shape index (κ1) is 14.1. The van der Waals surface area contributed by atoms with Gasteiger partial charge in [-0.25, -0.2) is 10.2 Å². The number of nitrogens with zero attached hydrogens (tertiary/aromatic N) is 3. The number of halogens is 1. The fourth-order valence-electron chi connectivity index (χ4n) is 1.58. The van der Waals surface area contributed by atoms with Gasteiger partial charge >= 0.3 is 6.03 Å². The molecule has 0 saturated carbocycles. The van der Waals surface area contributed by atoms with Crippen LogP contribution in [-0.4, -0.2) is 23.3 Å². The van der Waals surface area contributed by atoms with Crippen molar-refractivity contribution in [2.75, 3.05) is 17.4 Å². The summed E-state index contributed by atoms with van der Waals surface area (Å²) in [6.07, 6.45) is 0. The van der Waals surface area contributed by atoms with Crippen molar-refractivity contribution in [3.8, 4) is 0 Å². The molecule has 2 aromatic rings. The lowest BCUT2D eigenvalue weighted by molar-refractivity contribution is 0.251. The van der Waals surface area contributed by atoms with Gasteiger partial charge in [0.05, 0.1) is 0 Å². The number of aromatic nitrogens is 2. The van der Waals surface area contributed by atoms with Crippen molar-refractivity contribution in [1.82, 2.24) is 15.6 Å². The Morgan fingerprint density at radius 2 is 2.05 bits per heavy atom. The molecule has 20 heavy (non-hydrogen) atoms. The zero-order chi connectivity index (χ0) is 14.5. The molecule has 0 aliphatic heterocycles. The molecule has 0 atom stereocenters. The quantitative estimate of drug-likeness (QED) is 0.853. The number of hydrogen-bond donors (Lipinski definition) is 2. The third-order valence-corrected chi connectivity index (χ3v) is 2.71. The van der Waals surface area contributed by atoms with Crippen LogP contribution in [-0.2, 0) is 0 Å². The third-order valence-electron chi connectivity index (χ3n) is 2.51. The van der Waals surface area contributed by atoms with E-state index in [-0.39, 0.29) is 6.03 Å². The largest absolute Gasteiger partial charge is 0.338 e. The van der Waals surface area contributed by atoms with E-state index in [1.165, 1.54) is 5.01 Å². The minimum absolute atomic E-state index is 0.298. The molecule has 104 valence electrons. The van der Waals surface area contributed by atoms with Gasteiger partial charge in [0.1, 0.15) is 0 Å². The average Bonchev–Trinajstić information content (AvgIpc) is 2.39. The van der Waals surface area contributed by atoms with Crippen molar-refractivity contribution in [2.24, 2.45) is 0 Å². The first-order chi connectivity index (χ1) is 9.54. The van der Waals surface area contributed by atoms with Gasteiger partial charge in [-0.3, -0.25) is 5.01 Å². The highest BCUT2D eigenvalue weighted by molar-refractivity contribution is 6.29. The molecule has 0 aliphatic carbocycles. The zero-order valence-electron chi connectivity index (χ0n) is 11.1. The van der Waals surface area contributed by atoms with E-state index >= 15 is 0 Å². The van der Waals surface area contributed by atoms with E-state index in [4.69, 9.17) is 11.6 Å². The average molecular weight is 292 g/mol. The monoisotopic (exact) mass is 291 g/mol. The van der Waals surface area contributed by atoms with Gasteiger partial charge in [-0.1, -0.05) is 23.7 Å². The standard InChI is InChI=1S/C13H14ClN5O/c1-9-4-3-5-10(8-9)15-13(20)18-19(2)12-7-6-11(14)16-17-12/h3-8H,1-2H3,(H2,15,18,20). The van der Waals surface area contributed by atoms with Crippen LogP contribution in [0, 0.1) is 6.92 Å². The highest BCUT2D eigenvalue weighted by atomic mass is 35.5. The number of carbonyl (C=O) groups excluding carboxylic acids is 1. The molecular weight excluding hydrogens is 278 g/mol. The van der Waals surface area contributed by atoms with E-state index in [9.17, 15) is 4.79 Å². The predicted octanol–water partition coefficient (Wildman–Crippen LogP) is 2.61. The number of aryl methyl sites for hydroxylation is 1. The van der Waals surface area contributed by atoms with Gasteiger partial charge in [-0.2, -0.15) is 0 Å². The maximum absolute atomic E-state index is 11.8. The Morgan fingerprint density at radius 3 is 2.70 bits per heavy atom. The van der Waals surface area contributed by atoms with Crippen molar-refractivity contribution >= 4 is 29.1 Å². The Kier molecular flexibility index (Phi) is 4.37. The maximum Gasteiger partial charge on any atom is 0.338 e. The summed E-state index contributed by atoms with van der Waals surface area (Å²) in [6.45, 7) is 1.96. The number of benzene rings is 1. The Hall–Kier alpha value is -2.34. The molecule has 0 spiro atoms. The fraction of sp³-hybridized carbons (Fsp3) is 0.154. The van der Waals surface area contributed by atoms with Crippen LogP contribution in [0.1, 0.15) is 5.56 Å². The summed E-state index contributed by atoms with van der Waals surface area (Å²) in [5, 5.41) is 12.0. The SMILES string of the molecule is Cc1cccc(NC(=O)NN(C)c2ccc(Cl)nn2)c1. The summed E-state index contributed by atoms with van der Waals surface area (Å²) < 4.78 is 0. The van der Waals surface area contributed by atoms with Crippen LogP contribution in [0.4, 0.5) is 16.3 Å². The van der Waals surface area contributed by atoms with E-state index in [1.54, 1.807) is 19.2 Å². The highest BCUT2D eigenvalue weighted by Crippen LogP contribution is 2.10. The normalized spacial score (nSPS) is 9.95. The predicted molar refractivity (Wildman–Crippen MR) is 78.8 cm³/mol. The van der Waals surface area contributed by atoms with Crippen LogP contribution < -0.4 is 15.8 Å². The lowest BCUT2D eigenvalue weighted by atomic mass is 10.2. The van der Waals surface area contributed by atoms with Crippen molar-refractivity contribution in [2.45, 2.75) is 6.92 Å². The molecular formula is C13H14ClN5O. The number of nitrogens with one attached hydrogen (secondary N) is 2. The van der Waals surface area contributed by atoms with Gasteiger partial charge in [-0.05, 0) is 36.8 Å². The van der Waals surface area contributed by atoms with Crippen LogP contribution in [0.25, 0.3) is 0 Å². The number of amides is 2. The molecule has 1 aromatic carbocycles. The minimum Gasteiger partial charge on any atom is -0.307 e. The molecule has 0 unspecified atom stereocenters. The molecule has 1 aromatic heterocycles. The second kappa shape index (κ2) is 6.21. The summed E-state index contributed by atoms with van der Waals surface area (Å²) in [6, 6.07) is 10.4. The molecule has 2 amide bonds. The molecule has 1 heterocycles. The summed E-state index contributed by atoms with van der Waals surface area (Å²) in [4.78, 5) is 11.8. The molecule has 7 heteroatoms. The second-order valence-electron chi connectivity index (χ2n) is 4.21. The molecule has 0 saturated heterocycles. The van der Waals surface area contributed by atoms with Crippen LogP contribution in [0.5, 0.6) is 0 Å².